The summed E-state index contributed by atoms with van der Waals surface area (Å²) in [4.78, 5) is 0.396. The van der Waals surface area contributed by atoms with E-state index in [0.29, 0.717) is 18.0 Å². The molecule has 0 aliphatic heterocycles. The molecule has 4 nitrogen and oxygen atoms in total. The quantitative estimate of drug-likeness (QED) is 0.710. The molecule has 1 rings (SSSR count). The monoisotopic (exact) mass is 299 g/mol. The third-order valence-corrected chi connectivity index (χ3v) is 4.61. The number of rotatable bonds is 9. The van der Waals surface area contributed by atoms with E-state index in [1.54, 1.807) is 12.1 Å². The van der Waals surface area contributed by atoms with Crippen LogP contribution in [0.1, 0.15) is 25.8 Å². The summed E-state index contributed by atoms with van der Waals surface area (Å²) in [7, 11) is -3.18. The fourth-order valence-electron chi connectivity index (χ4n) is 1.71. The van der Waals surface area contributed by atoms with Crippen molar-refractivity contribution in [2.24, 2.45) is 0 Å². The van der Waals surface area contributed by atoms with Crippen LogP contribution in [0.25, 0.3) is 0 Å². The highest BCUT2D eigenvalue weighted by Gasteiger charge is 2.13. The van der Waals surface area contributed by atoms with Crippen LogP contribution in [0, 0.1) is 6.92 Å². The van der Waals surface area contributed by atoms with E-state index >= 15 is 0 Å². The minimum atomic E-state index is -3.18. The summed E-state index contributed by atoms with van der Waals surface area (Å²) in [5, 5.41) is 3.14. The summed E-state index contributed by atoms with van der Waals surface area (Å²) in [6.45, 7) is 7.89. The summed E-state index contributed by atoms with van der Waals surface area (Å²) >= 11 is 0. The maximum absolute atomic E-state index is 12.1. The first kappa shape index (κ1) is 17.1. The van der Waals surface area contributed by atoms with Crippen LogP contribution in [-0.4, -0.2) is 40.0 Å². The van der Waals surface area contributed by atoms with Crippen molar-refractivity contribution in [3.8, 4) is 0 Å². The van der Waals surface area contributed by atoms with Crippen molar-refractivity contribution >= 4 is 9.84 Å². The maximum Gasteiger partial charge on any atom is 0.179 e. The molecule has 0 heterocycles. The van der Waals surface area contributed by atoms with Crippen LogP contribution in [0.3, 0.4) is 0 Å². The van der Waals surface area contributed by atoms with E-state index in [-0.39, 0.29) is 11.9 Å². The zero-order chi connectivity index (χ0) is 15.0. The molecule has 0 bridgehead atoms. The summed E-state index contributed by atoms with van der Waals surface area (Å²) < 4.78 is 29.5. The Morgan fingerprint density at radius 2 is 1.80 bits per heavy atom. The second-order valence-corrected chi connectivity index (χ2v) is 7.26. The molecule has 114 valence electrons. The van der Waals surface area contributed by atoms with Gasteiger partial charge in [-0.25, -0.2) is 8.42 Å². The third kappa shape index (κ3) is 6.50. The van der Waals surface area contributed by atoms with Crippen LogP contribution in [0.5, 0.6) is 0 Å². The van der Waals surface area contributed by atoms with E-state index in [9.17, 15) is 8.42 Å². The average Bonchev–Trinajstić information content (AvgIpc) is 2.37. The Balaban J connectivity index is 2.25. The predicted octanol–water partition coefficient (Wildman–Crippen LogP) is 2.17. The lowest BCUT2D eigenvalue weighted by Crippen LogP contribution is -2.25. The van der Waals surface area contributed by atoms with E-state index in [4.69, 9.17) is 4.74 Å². The molecule has 5 heteroatoms. The Hall–Kier alpha value is -0.910. The van der Waals surface area contributed by atoms with Gasteiger partial charge >= 0.3 is 0 Å². The van der Waals surface area contributed by atoms with Gasteiger partial charge in [0.1, 0.15) is 0 Å². The number of hydrogen-bond acceptors (Lipinski definition) is 4. The molecule has 0 saturated heterocycles. The largest absolute Gasteiger partial charge is 0.379 e. The fourth-order valence-corrected chi connectivity index (χ4v) is 2.91. The zero-order valence-electron chi connectivity index (χ0n) is 12.6. The molecular weight excluding hydrogens is 274 g/mol. The van der Waals surface area contributed by atoms with Gasteiger partial charge in [-0.15, -0.1) is 0 Å². The van der Waals surface area contributed by atoms with Crippen molar-refractivity contribution in [2.75, 3.05) is 25.4 Å². The molecule has 0 amide bonds. The molecule has 0 saturated carbocycles. The highest BCUT2D eigenvalue weighted by molar-refractivity contribution is 7.91. The van der Waals surface area contributed by atoms with E-state index in [2.05, 4.69) is 5.32 Å². The van der Waals surface area contributed by atoms with Crippen LogP contribution in [0.2, 0.25) is 0 Å². The fraction of sp³-hybridized carbons (Fsp3) is 0.600. The summed E-state index contributed by atoms with van der Waals surface area (Å²) in [5.41, 5.74) is 1.06. The first-order valence-electron chi connectivity index (χ1n) is 7.03. The minimum absolute atomic E-state index is 0.126. The molecular formula is C15H25NO3S. The smallest absolute Gasteiger partial charge is 0.179 e. The van der Waals surface area contributed by atoms with Gasteiger partial charge in [0, 0.05) is 13.2 Å². The van der Waals surface area contributed by atoms with E-state index < -0.39 is 9.84 Å². The van der Waals surface area contributed by atoms with Gasteiger partial charge in [0.2, 0.25) is 0 Å². The highest BCUT2D eigenvalue weighted by atomic mass is 32.2. The molecule has 1 aromatic carbocycles. The van der Waals surface area contributed by atoms with E-state index in [0.717, 1.165) is 18.5 Å². The Morgan fingerprint density at radius 3 is 2.40 bits per heavy atom. The third-order valence-electron chi connectivity index (χ3n) is 2.88. The van der Waals surface area contributed by atoms with E-state index in [1.807, 2.05) is 32.9 Å². The van der Waals surface area contributed by atoms with Crippen LogP contribution in [0.15, 0.2) is 29.2 Å². The molecule has 0 unspecified atom stereocenters. The molecule has 1 N–H and O–H groups in total. The second-order valence-electron chi connectivity index (χ2n) is 5.16. The highest BCUT2D eigenvalue weighted by Crippen LogP contribution is 2.11. The molecule has 0 atom stereocenters. The number of benzene rings is 1. The Morgan fingerprint density at radius 1 is 1.15 bits per heavy atom. The van der Waals surface area contributed by atoms with Crippen molar-refractivity contribution < 1.29 is 13.2 Å². The van der Waals surface area contributed by atoms with Gasteiger partial charge < -0.3 is 10.1 Å². The summed E-state index contributed by atoms with van der Waals surface area (Å²) in [5.74, 6) is 0.126. The van der Waals surface area contributed by atoms with Crippen molar-refractivity contribution in [3.05, 3.63) is 29.8 Å². The SMILES string of the molecule is Cc1ccc(S(=O)(=O)CCNCCCOC(C)C)cc1. The lowest BCUT2D eigenvalue weighted by Gasteiger charge is -2.08. The standard InChI is InChI=1S/C15H25NO3S/c1-13(2)19-11-4-9-16-10-12-20(17,18)15-7-5-14(3)6-8-15/h5-8,13,16H,4,9-12H2,1-3H3. The normalized spacial score (nSPS) is 12.0. The molecule has 0 aliphatic rings. The topological polar surface area (TPSA) is 55.4 Å². The van der Waals surface area contributed by atoms with Crippen molar-refractivity contribution in [1.29, 1.82) is 0 Å². The number of nitrogens with one attached hydrogen (secondary N) is 1. The lowest BCUT2D eigenvalue weighted by atomic mass is 10.2. The Kier molecular flexibility index (Phi) is 7.19. The van der Waals surface area contributed by atoms with Gasteiger partial charge in [-0.05, 0) is 45.9 Å². The molecule has 0 aromatic heterocycles. The second kappa shape index (κ2) is 8.39. The molecule has 20 heavy (non-hydrogen) atoms. The van der Waals surface area contributed by atoms with Gasteiger partial charge in [0.05, 0.1) is 16.8 Å². The Labute approximate surface area is 122 Å². The van der Waals surface area contributed by atoms with Crippen molar-refractivity contribution in [1.82, 2.24) is 5.32 Å². The number of hydrogen-bond donors (Lipinski definition) is 1. The average molecular weight is 299 g/mol. The zero-order valence-corrected chi connectivity index (χ0v) is 13.4. The molecule has 0 fully saturated rings. The maximum atomic E-state index is 12.1. The van der Waals surface area contributed by atoms with Crippen LogP contribution in [-0.2, 0) is 14.6 Å². The van der Waals surface area contributed by atoms with Gasteiger partial charge in [-0.1, -0.05) is 17.7 Å². The number of sulfone groups is 1. The van der Waals surface area contributed by atoms with Gasteiger partial charge in [0.25, 0.3) is 0 Å². The van der Waals surface area contributed by atoms with Crippen molar-refractivity contribution in [2.45, 2.75) is 38.2 Å². The summed E-state index contributed by atoms with van der Waals surface area (Å²) in [6.07, 6.45) is 1.14. The van der Waals surface area contributed by atoms with Gasteiger partial charge in [-0.3, -0.25) is 0 Å². The first-order chi connectivity index (χ1) is 9.42. The van der Waals surface area contributed by atoms with Gasteiger partial charge in [0.15, 0.2) is 9.84 Å². The van der Waals surface area contributed by atoms with Gasteiger partial charge in [-0.2, -0.15) is 0 Å². The summed E-state index contributed by atoms with van der Waals surface area (Å²) in [6, 6.07) is 6.98. The van der Waals surface area contributed by atoms with E-state index in [1.165, 1.54) is 0 Å². The van der Waals surface area contributed by atoms with Crippen LogP contribution < -0.4 is 5.32 Å². The Bertz CT molecular complexity index is 480. The van der Waals surface area contributed by atoms with Crippen LogP contribution >= 0.6 is 0 Å². The first-order valence-corrected chi connectivity index (χ1v) is 8.69. The predicted molar refractivity (Wildman–Crippen MR) is 81.8 cm³/mol. The molecule has 0 spiro atoms. The van der Waals surface area contributed by atoms with Crippen LogP contribution in [0.4, 0.5) is 0 Å². The molecule has 0 radical (unpaired) electrons. The molecule has 1 aromatic rings. The van der Waals surface area contributed by atoms with Crippen molar-refractivity contribution in [3.63, 3.8) is 0 Å². The number of ether oxygens (including phenoxy) is 1. The lowest BCUT2D eigenvalue weighted by molar-refractivity contribution is 0.0772. The minimum Gasteiger partial charge on any atom is -0.379 e. The number of aryl methyl sites for hydroxylation is 1. The molecule has 0 aliphatic carbocycles.